The van der Waals surface area contributed by atoms with Crippen LogP contribution >= 0.6 is 0 Å². The monoisotopic (exact) mass is 85.1 g/mol. The van der Waals surface area contributed by atoms with Crippen LogP contribution in [0.25, 0.3) is 0 Å². The van der Waals surface area contributed by atoms with Crippen LogP contribution in [0.3, 0.4) is 0 Å². The minimum atomic E-state index is 1.62. The van der Waals surface area contributed by atoms with Gasteiger partial charge in [0.25, 0.3) is 0 Å². The van der Waals surface area contributed by atoms with Gasteiger partial charge in [0.2, 0.25) is 0 Å². The van der Waals surface area contributed by atoms with E-state index >= 15 is 0 Å². The van der Waals surface area contributed by atoms with Crippen molar-refractivity contribution in [3.63, 3.8) is 0 Å². The Bertz CT molecular complexity index is 33.2. The van der Waals surface area contributed by atoms with Crippen molar-refractivity contribution in [2.45, 2.75) is 6.92 Å². The van der Waals surface area contributed by atoms with E-state index in [-0.39, 0.29) is 0 Å². The van der Waals surface area contributed by atoms with Crippen molar-refractivity contribution in [1.29, 1.82) is 0 Å². The molecule has 0 saturated heterocycles. The van der Waals surface area contributed by atoms with Gasteiger partial charge in [0.05, 0.1) is 13.4 Å². The Morgan fingerprint density at radius 2 is 2.17 bits per heavy atom. The molecule has 0 fully saturated rings. The van der Waals surface area contributed by atoms with Gasteiger partial charge < -0.3 is 4.74 Å². The van der Waals surface area contributed by atoms with E-state index in [9.17, 15) is 0 Å². The highest BCUT2D eigenvalue weighted by Gasteiger charge is 1.59. The van der Waals surface area contributed by atoms with Crippen molar-refractivity contribution in [3.05, 3.63) is 18.8 Å². The fourth-order valence-electron chi connectivity index (χ4n) is 0.157. The van der Waals surface area contributed by atoms with Gasteiger partial charge in [0, 0.05) is 0 Å². The highest BCUT2D eigenvalue weighted by molar-refractivity contribution is 4.85. The van der Waals surface area contributed by atoms with Gasteiger partial charge in [-0.1, -0.05) is 6.92 Å². The van der Waals surface area contributed by atoms with E-state index in [0.717, 1.165) is 0 Å². The van der Waals surface area contributed by atoms with Crippen LogP contribution in [0.15, 0.2) is 12.3 Å². The smallest absolute Gasteiger partial charge is 0.0787 e. The zero-order chi connectivity index (χ0) is 4.83. The van der Waals surface area contributed by atoms with E-state index in [1.54, 1.807) is 13.4 Å². The second-order valence-corrected chi connectivity index (χ2v) is 0.898. The lowest BCUT2D eigenvalue weighted by molar-refractivity contribution is 0.337. The molecule has 0 rings (SSSR count). The van der Waals surface area contributed by atoms with Crippen LogP contribution in [0, 0.1) is 6.42 Å². The molecule has 1 radical (unpaired) electrons. The van der Waals surface area contributed by atoms with Crippen LogP contribution in [0.4, 0.5) is 0 Å². The maximum atomic E-state index is 4.57. The number of rotatable bonds is 2. The number of methoxy groups -OCH3 is 1. The van der Waals surface area contributed by atoms with Gasteiger partial charge in [-0.15, -0.1) is 0 Å². The molecule has 0 aliphatic heterocycles. The standard InChI is InChI=1S/C5H9O/c1-3-4-5-6-2/h3-5H,1-2H3/b5-4+. The summed E-state index contributed by atoms with van der Waals surface area (Å²) in [5.41, 5.74) is 0. The van der Waals surface area contributed by atoms with Gasteiger partial charge in [-0.05, 0) is 12.5 Å². The molecule has 0 aromatic rings. The summed E-state index contributed by atoms with van der Waals surface area (Å²) in [7, 11) is 1.62. The lowest BCUT2D eigenvalue weighted by atomic mass is 10.5. The summed E-state index contributed by atoms with van der Waals surface area (Å²) in [4.78, 5) is 0. The predicted molar refractivity (Wildman–Crippen MR) is 26.1 cm³/mol. The van der Waals surface area contributed by atoms with Gasteiger partial charge in [-0.25, -0.2) is 0 Å². The molecule has 0 aromatic heterocycles. The van der Waals surface area contributed by atoms with Gasteiger partial charge >= 0.3 is 0 Å². The summed E-state index contributed by atoms with van der Waals surface area (Å²) in [6, 6.07) is 0. The molecule has 6 heavy (non-hydrogen) atoms. The Hall–Kier alpha value is -0.460. The number of hydrogen-bond donors (Lipinski definition) is 0. The Morgan fingerprint density at radius 3 is 2.33 bits per heavy atom. The third-order valence-electron chi connectivity index (χ3n) is 0.407. The van der Waals surface area contributed by atoms with Crippen LogP contribution in [0.5, 0.6) is 0 Å². The molecular weight excluding hydrogens is 76.1 g/mol. The number of allylic oxidation sites excluding steroid dienone is 1. The van der Waals surface area contributed by atoms with E-state index < -0.39 is 0 Å². The topological polar surface area (TPSA) is 9.23 Å². The molecule has 0 heterocycles. The van der Waals surface area contributed by atoms with Crippen molar-refractivity contribution >= 4 is 0 Å². The predicted octanol–water partition coefficient (Wildman–Crippen LogP) is 1.37. The van der Waals surface area contributed by atoms with Gasteiger partial charge in [0.1, 0.15) is 0 Å². The van der Waals surface area contributed by atoms with Crippen molar-refractivity contribution in [2.24, 2.45) is 0 Å². The molecule has 0 spiro atoms. The van der Waals surface area contributed by atoms with Crippen LogP contribution in [0.2, 0.25) is 0 Å². The summed E-state index contributed by atoms with van der Waals surface area (Å²) in [5.74, 6) is 0. The minimum absolute atomic E-state index is 1.62. The normalized spacial score (nSPS) is 9.67. The van der Waals surface area contributed by atoms with Gasteiger partial charge in [0.15, 0.2) is 0 Å². The minimum Gasteiger partial charge on any atom is -0.505 e. The van der Waals surface area contributed by atoms with Crippen molar-refractivity contribution in [2.75, 3.05) is 7.11 Å². The van der Waals surface area contributed by atoms with E-state index in [4.69, 9.17) is 0 Å². The van der Waals surface area contributed by atoms with Crippen LogP contribution in [-0.2, 0) is 4.74 Å². The third kappa shape index (κ3) is 3.54. The van der Waals surface area contributed by atoms with E-state index in [1.807, 2.05) is 19.4 Å². The number of ether oxygens (including phenoxy) is 1. The Balaban J connectivity index is 2.73. The van der Waals surface area contributed by atoms with E-state index in [2.05, 4.69) is 4.74 Å². The van der Waals surface area contributed by atoms with Crippen LogP contribution in [-0.4, -0.2) is 7.11 Å². The van der Waals surface area contributed by atoms with Crippen LogP contribution < -0.4 is 0 Å². The SMILES string of the molecule is C[CH]/C=C/OC. The summed E-state index contributed by atoms with van der Waals surface area (Å²) in [6.07, 6.45) is 5.36. The maximum absolute atomic E-state index is 4.57. The molecule has 1 heteroatoms. The molecule has 0 aromatic carbocycles. The first-order valence-corrected chi connectivity index (χ1v) is 1.89. The maximum Gasteiger partial charge on any atom is 0.0787 e. The molecule has 0 aliphatic rings. The zero-order valence-corrected chi connectivity index (χ0v) is 4.14. The van der Waals surface area contributed by atoms with E-state index in [1.165, 1.54) is 0 Å². The Morgan fingerprint density at radius 1 is 1.50 bits per heavy atom. The molecular formula is C5H9O. The summed E-state index contributed by atoms with van der Waals surface area (Å²) in [6.45, 7) is 1.94. The average molecular weight is 85.1 g/mol. The first-order valence-electron chi connectivity index (χ1n) is 1.89. The molecule has 0 bridgehead atoms. The lowest BCUT2D eigenvalue weighted by Crippen LogP contribution is -1.61. The van der Waals surface area contributed by atoms with Gasteiger partial charge in [-0.3, -0.25) is 0 Å². The van der Waals surface area contributed by atoms with Crippen molar-refractivity contribution in [1.82, 2.24) is 0 Å². The largest absolute Gasteiger partial charge is 0.505 e. The second-order valence-electron chi connectivity index (χ2n) is 0.898. The van der Waals surface area contributed by atoms with Crippen molar-refractivity contribution < 1.29 is 4.74 Å². The molecule has 0 atom stereocenters. The first-order chi connectivity index (χ1) is 2.91. The van der Waals surface area contributed by atoms with Crippen molar-refractivity contribution in [3.8, 4) is 0 Å². The molecule has 0 aliphatic carbocycles. The highest BCUT2D eigenvalue weighted by Crippen LogP contribution is 1.74. The zero-order valence-electron chi connectivity index (χ0n) is 4.14. The van der Waals surface area contributed by atoms with E-state index in [0.29, 0.717) is 0 Å². The first kappa shape index (κ1) is 5.54. The van der Waals surface area contributed by atoms with Crippen LogP contribution in [0.1, 0.15) is 6.92 Å². The quantitative estimate of drug-likeness (QED) is 0.460. The van der Waals surface area contributed by atoms with Gasteiger partial charge in [-0.2, -0.15) is 0 Å². The fraction of sp³-hybridized carbons (Fsp3) is 0.400. The molecule has 1 nitrogen and oxygen atoms in total. The molecule has 35 valence electrons. The molecule has 0 unspecified atom stereocenters. The highest BCUT2D eigenvalue weighted by atomic mass is 16.5. The Kier molecular flexibility index (Phi) is 4.19. The summed E-state index contributed by atoms with van der Waals surface area (Å²) < 4.78 is 4.57. The number of hydrogen-bond acceptors (Lipinski definition) is 1. The Labute approximate surface area is 38.6 Å². The molecule has 0 amide bonds. The summed E-state index contributed by atoms with van der Waals surface area (Å²) in [5, 5.41) is 0. The molecule has 0 saturated carbocycles. The lowest BCUT2D eigenvalue weighted by Gasteiger charge is -1.79. The average Bonchev–Trinajstić information content (AvgIpc) is 1.61. The second kappa shape index (κ2) is 4.54. The molecule has 0 N–H and O–H groups in total. The summed E-state index contributed by atoms with van der Waals surface area (Å²) >= 11 is 0. The third-order valence-corrected chi connectivity index (χ3v) is 0.407. The fourth-order valence-corrected chi connectivity index (χ4v) is 0.157.